The van der Waals surface area contributed by atoms with Crippen molar-refractivity contribution in [1.29, 1.82) is 0 Å². The molecule has 0 aromatic rings. The summed E-state index contributed by atoms with van der Waals surface area (Å²) in [6, 6.07) is 0. The van der Waals surface area contributed by atoms with E-state index in [2.05, 4.69) is 5.32 Å². The Hall–Kier alpha value is -0.610. The molecule has 0 spiro atoms. The number of nitrogens with zero attached hydrogens (tertiary/aromatic N) is 1. The molecule has 0 bridgehead atoms. The maximum Gasteiger partial charge on any atom is 0.222 e. The minimum Gasteiger partial charge on any atom is -0.344 e. The highest BCUT2D eigenvalue weighted by molar-refractivity contribution is 5.76. The fourth-order valence-corrected chi connectivity index (χ4v) is 2.61. The summed E-state index contributed by atoms with van der Waals surface area (Å²) >= 11 is 0. The van der Waals surface area contributed by atoms with Crippen LogP contribution in [0.5, 0.6) is 0 Å². The Balaban J connectivity index is 2.46. The van der Waals surface area contributed by atoms with Crippen molar-refractivity contribution in [2.45, 2.75) is 38.5 Å². The topological polar surface area (TPSA) is 58.4 Å². The average molecular weight is 241 g/mol. The third kappa shape index (κ3) is 4.28. The predicted molar refractivity (Wildman–Crippen MR) is 70.8 cm³/mol. The molecule has 0 atom stereocenters. The van der Waals surface area contributed by atoms with Crippen molar-refractivity contribution < 1.29 is 4.79 Å². The molecule has 1 amide bonds. The van der Waals surface area contributed by atoms with Crippen LogP contribution in [0.3, 0.4) is 0 Å². The molecular formula is C13H27N3O. The van der Waals surface area contributed by atoms with E-state index in [0.717, 1.165) is 25.9 Å². The zero-order valence-electron chi connectivity index (χ0n) is 11.3. The molecule has 4 heteroatoms. The van der Waals surface area contributed by atoms with Crippen molar-refractivity contribution in [1.82, 2.24) is 10.2 Å². The van der Waals surface area contributed by atoms with E-state index in [4.69, 9.17) is 5.73 Å². The maximum absolute atomic E-state index is 12.1. The molecule has 1 saturated carbocycles. The lowest BCUT2D eigenvalue weighted by atomic mass is 9.71. The summed E-state index contributed by atoms with van der Waals surface area (Å²) < 4.78 is 0. The van der Waals surface area contributed by atoms with Crippen LogP contribution in [0.1, 0.15) is 38.5 Å². The molecule has 0 aliphatic heterocycles. The van der Waals surface area contributed by atoms with E-state index in [1.165, 1.54) is 19.3 Å². The van der Waals surface area contributed by atoms with Gasteiger partial charge in [-0.25, -0.2) is 0 Å². The average Bonchev–Trinajstić information content (AvgIpc) is 2.36. The lowest BCUT2D eigenvalue weighted by Gasteiger charge is -2.36. The summed E-state index contributed by atoms with van der Waals surface area (Å²) in [7, 11) is 3.79. The molecule has 100 valence electrons. The van der Waals surface area contributed by atoms with Gasteiger partial charge in [-0.05, 0) is 31.8 Å². The van der Waals surface area contributed by atoms with Gasteiger partial charge >= 0.3 is 0 Å². The standard InChI is InChI=1S/C13H27N3O/c1-15-8-9-16(2)12(17)10-13(11-14)6-4-3-5-7-13/h15H,3-11,14H2,1-2H3. The first-order valence-electron chi connectivity index (χ1n) is 6.72. The van der Waals surface area contributed by atoms with Crippen LogP contribution in [0.25, 0.3) is 0 Å². The molecular weight excluding hydrogens is 214 g/mol. The number of likely N-dealkylation sites (N-methyl/N-ethyl adjacent to an activating group) is 2. The predicted octanol–water partition coefficient (Wildman–Crippen LogP) is 0.963. The number of carbonyl (C=O) groups excluding carboxylic acids is 1. The quantitative estimate of drug-likeness (QED) is 0.728. The SMILES string of the molecule is CNCCN(C)C(=O)CC1(CN)CCCCC1. The molecule has 0 unspecified atom stereocenters. The Morgan fingerprint density at radius 3 is 2.53 bits per heavy atom. The van der Waals surface area contributed by atoms with Crippen molar-refractivity contribution in [2.24, 2.45) is 11.1 Å². The third-order valence-corrected chi connectivity index (χ3v) is 4.00. The first-order chi connectivity index (χ1) is 8.13. The number of rotatable bonds is 6. The van der Waals surface area contributed by atoms with Crippen LogP contribution >= 0.6 is 0 Å². The minimum atomic E-state index is 0.0865. The summed E-state index contributed by atoms with van der Waals surface area (Å²) in [4.78, 5) is 13.9. The van der Waals surface area contributed by atoms with Crippen molar-refractivity contribution in [3.05, 3.63) is 0 Å². The second-order valence-electron chi connectivity index (χ2n) is 5.36. The lowest BCUT2D eigenvalue weighted by molar-refractivity contribution is -0.132. The Morgan fingerprint density at radius 1 is 1.35 bits per heavy atom. The summed E-state index contributed by atoms with van der Waals surface area (Å²) in [6.45, 7) is 2.27. The molecule has 0 aromatic heterocycles. The first-order valence-corrected chi connectivity index (χ1v) is 6.72. The van der Waals surface area contributed by atoms with Gasteiger partial charge in [-0.1, -0.05) is 19.3 Å². The van der Waals surface area contributed by atoms with Crippen molar-refractivity contribution in [2.75, 3.05) is 33.7 Å². The normalized spacial score (nSPS) is 19.0. The van der Waals surface area contributed by atoms with E-state index in [0.29, 0.717) is 13.0 Å². The van der Waals surface area contributed by atoms with Crippen LogP contribution in [-0.4, -0.2) is 44.5 Å². The summed E-state index contributed by atoms with van der Waals surface area (Å²) in [5.74, 6) is 0.243. The van der Waals surface area contributed by atoms with Crippen LogP contribution in [0, 0.1) is 5.41 Å². The molecule has 0 aromatic carbocycles. The molecule has 0 heterocycles. The van der Waals surface area contributed by atoms with Crippen molar-refractivity contribution in [3.63, 3.8) is 0 Å². The molecule has 0 radical (unpaired) electrons. The monoisotopic (exact) mass is 241 g/mol. The second kappa shape index (κ2) is 6.97. The summed E-state index contributed by atoms with van der Waals surface area (Å²) in [6.07, 6.45) is 6.62. The molecule has 17 heavy (non-hydrogen) atoms. The highest BCUT2D eigenvalue weighted by Gasteiger charge is 2.33. The molecule has 1 aliphatic carbocycles. The number of amides is 1. The second-order valence-corrected chi connectivity index (χ2v) is 5.36. The number of carbonyl (C=O) groups is 1. The summed E-state index contributed by atoms with van der Waals surface area (Å²) in [5, 5.41) is 3.06. The van der Waals surface area contributed by atoms with E-state index in [1.807, 2.05) is 19.0 Å². The zero-order chi connectivity index (χ0) is 12.7. The first kappa shape index (κ1) is 14.5. The maximum atomic E-state index is 12.1. The van der Waals surface area contributed by atoms with Crippen LogP contribution in [0.2, 0.25) is 0 Å². The Labute approximate surface area is 105 Å². The van der Waals surface area contributed by atoms with Crippen LogP contribution in [0.4, 0.5) is 0 Å². The highest BCUT2D eigenvalue weighted by Crippen LogP contribution is 2.38. The zero-order valence-corrected chi connectivity index (χ0v) is 11.3. The Morgan fingerprint density at radius 2 is 2.00 bits per heavy atom. The number of nitrogens with two attached hydrogens (primary N) is 1. The fraction of sp³-hybridized carbons (Fsp3) is 0.923. The van der Waals surface area contributed by atoms with E-state index in [9.17, 15) is 4.79 Å². The highest BCUT2D eigenvalue weighted by atomic mass is 16.2. The van der Waals surface area contributed by atoms with Gasteiger partial charge in [0.25, 0.3) is 0 Å². The van der Waals surface area contributed by atoms with E-state index in [1.54, 1.807) is 0 Å². The van der Waals surface area contributed by atoms with Gasteiger partial charge in [-0.15, -0.1) is 0 Å². The van der Waals surface area contributed by atoms with E-state index < -0.39 is 0 Å². The van der Waals surface area contributed by atoms with Crippen molar-refractivity contribution in [3.8, 4) is 0 Å². The van der Waals surface area contributed by atoms with Crippen molar-refractivity contribution >= 4 is 5.91 Å². The van der Waals surface area contributed by atoms with Crippen LogP contribution in [-0.2, 0) is 4.79 Å². The smallest absolute Gasteiger partial charge is 0.222 e. The van der Waals surface area contributed by atoms with E-state index >= 15 is 0 Å². The minimum absolute atomic E-state index is 0.0865. The fourth-order valence-electron chi connectivity index (χ4n) is 2.61. The molecule has 1 rings (SSSR count). The molecule has 1 aliphatic rings. The Kier molecular flexibility index (Phi) is 5.92. The van der Waals surface area contributed by atoms with Gasteiger partial charge in [0.1, 0.15) is 0 Å². The van der Waals surface area contributed by atoms with Gasteiger partial charge < -0.3 is 16.0 Å². The van der Waals surface area contributed by atoms with Gasteiger partial charge in [-0.3, -0.25) is 4.79 Å². The van der Waals surface area contributed by atoms with Gasteiger partial charge in [0.15, 0.2) is 0 Å². The van der Waals surface area contributed by atoms with Gasteiger partial charge in [0.2, 0.25) is 5.91 Å². The van der Waals surface area contributed by atoms with Gasteiger partial charge in [-0.2, -0.15) is 0 Å². The van der Waals surface area contributed by atoms with Crippen LogP contribution < -0.4 is 11.1 Å². The third-order valence-electron chi connectivity index (χ3n) is 4.00. The van der Waals surface area contributed by atoms with E-state index in [-0.39, 0.29) is 11.3 Å². The van der Waals surface area contributed by atoms with Crippen LogP contribution in [0.15, 0.2) is 0 Å². The van der Waals surface area contributed by atoms with Gasteiger partial charge in [0.05, 0.1) is 0 Å². The van der Waals surface area contributed by atoms with Gasteiger partial charge in [0, 0.05) is 26.6 Å². The summed E-state index contributed by atoms with van der Waals surface area (Å²) in [5.41, 5.74) is 5.99. The lowest BCUT2D eigenvalue weighted by Crippen LogP contribution is -2.40. The molecule has 3 N–H and O–H groups in total. The Bertz CT molecular complexity index is 237. The number of hydrogen-bond acceptors (Lipinski definition) is 3. The largest absolute Gasteiger partial charge is 0.344 e. The molecule has 1 fully saturated rings. The molecule has 0 saturated heterocycles. The number of nitrogens with one attached hydrogen (secondary N) is 1. The molecule has 4 nitrogen and oxygen atoms in total. The number of hydrogen-bond donors (Lipinski definition) is 2.